The first kappa shape index (κ1) is 32.5. The van der Waals surface area contributed by atoms with Crippen LogP contribution in [0.15, 0.2) is 36.4 Å². The summed E-state index contributed by atoms with van der Waals surface area (Å²) in [7, 11) is 1.76. The van der Waals surface area contributed by atoms with E-state index in [1.807, 2.05) is 17.0 Å². The third-order valence-electron chi connectivity index (χ3n) is 9.49. The molecule has 10 nitrogen and oxygen atoms in total. The number of anilines is 1. The number of rotatable bonds is 13. The van der Waals surface area contributed by atoms with E-state index in [-0.39, 0.29) is 37.1 Å². The van der Waals surface area contributed by atoms with E-state index in [4.69, 9.17) is 9.47 Å². The third kappa shape index (κ3) is 6.88. The van der Waals surface area contributed by atoms with Gasteiger partial charge in [0, 0.05) is 56.9 Å². The molecule has 3 atom stereocenters. The van der Waals surface area contributed by atoms with Crippen molar-refractivity contribution in [3.05, 3.63) is 53.3 Å². The van der Waals surface area contributed by atoms with Crippen molar-refractivity contribution in [2.45, 2.75) is 70.9 Å². The molecule has 3 heterocycles. The predicted octanol–water partition coefficient (Wildman–Crippen LogP) is 5.09. The molecule has 0 bridgehead atoms. The summed E-state index contributed by atoms with van der Waals surface area (Å²) in [5, 5.41) is 10.6. The number of carbonyl (C=O) groups is 3. The van der Waals surface area contributed by atoms with E-state index >= 15 is 0 Å². The highest BCUT2D eigenvalue weighted by atomic mass is 19.1. The van der Waals surface area contributed by atoms with Gasteiger partial charge in [0.1, 0.15) is 5.82 Å². The molecule has 0 saturated carbocycles. The minimum atomic E-state index is -0.941. The number of aryl methyl sites for hydroxylation is 1. The van der Waals surface area contributed by atoms with Crippen LogP contribution in [0.3, 0.4) is 0 Å². The maximum Gasteiger partial charge on any atom is 0.319 e. The minimum absolute atomic E-state index is 0.00367. The average Bonchev–Trinajstić information content (AvgIpc) is 3.71. The Labute approximate surface area is 264 Å². The summed E-state index contributed by atoms with van der Waals surface area (Å²) in [4.78, 5) is 47.2. The van der Waals surface area contributed by atoms with Crippen LogP contribution in [0.5, 0.6) is 11.5 Å². The molecule has 2 fully saturated rings. The molecule has 3 unspecified atom stereocenters. The Bertz CT molecular complexity index is 1400. The Kier molecular flexibility index (Phi) is 10.2. The molecule has 0 aromatic heterocycles. The molecule has 5 rings (SSSR count). The number of amides is 3. The van der Waals surface area contributed by atoms with Crippen LogP contribution in [0, 0.1) is 18.7 Å². The number of carboxylic acids is 1. The van der Waals surface area contributed by atoms with E-state index in [0.717, 1.165) is 31.2 Å². The first-order valence-electron chi connectivity index (χ1n) is 16.1. The van der Waals surface area contributed by atoms with E-state index in [1.54, 1.807) is 46.9 Å². The van der Waals surface area contributed by atoms with Crippen LogP contribution >= 0.6 is 0 Å². The minimum Gasteiger partial charge on any atom is -0.481 e. The molecule has 244 valence electrons. The van der Waals surface area contributed by atoms with Crippen molar-refractivity contribution >= 4 is 23.6 Å². The van der Waals surface area contributed by atoms with E-state index in [2.05, 4.69) is 13.8 Å². The Balaban J connectivity index is 1.47. The average molecular weight is 625 g/mol. The Morgan fingerprint density at radius 3 is 2.44 bits per heavy atom. The molecule has 45 heavy (non-hydrogen) atoms. The molecule has 3 aliphatic rings. The summed E-state index contributed by atoms with van der Waals surface area (Å²) in [6.45, 7) is 7.93. The lowest BCUT2D eigenvalue weighted by Gasteiger charge is -2.35. The first-order valence-corrected chi connectivity index (χ1v) is 16.1. The van der Waals surface area contributed by atoms with Crippen molar-refractivity contribution in [1.82, 2.24) is 14.7 Å². The van der Waals surface area contributed by atoms with Crippen molar-refractivity contribution in [1.29, 1.82) is 0 Å². The van der Waals surface area contributed by atoms with Gasteiger partial charge in [0.2, 0.25) is 12.7 Å². The van der Waals surface area contributed by atoms with Crippen molar-refractivity contribution in [3.63, 3.8) is 0 Å². The quantitative estimate of drug-likeness (QED) is 0.331. The molecule has 0 aliphatic carbocycles. The second-order valence-electron chi connectivity index (χ2n) is 12.5. The summed E-state index contributed by atoms with van der Waals surface area (Å²) in [6, 6.07) is 9.66. The van der Waals surface area contributed by atoms with Gasteiger partial charge in [-0.25, -0.2) is 9.18 Å². The predicted molar refractivity (Wildman–Crippen MR) is 168 cm³/mol. The van der Waals surface area contributed by atoms with Crippen LogP contribution in [0.4, 0.5) is 14.9 Å². The van der Waals surface area contributed by atoms with Crippen molar-refractivity contribution in [3.8, 4) is 11.5 Å². The summed E-state index contributed by atoms with van der Waals surface area (Å²) >= 11 is 0. The van der Waals surface area contributed by atoms with Crippen LogP contribution in [0.25, 0.3) is 0 Å². The lowest BCUT2D eigenvalue weighted by molar-refractivity contribution is -0.143. The Morgan fingerprint density at radius 1 is 1.07 bits per heavy atom. The molecule has 2 aromatic rings. The number of halogens is 1. The number of hydrogen-bond acceptors (Lipinski definition) is 6. The summed E-state index contributed by atoms with van der Waals surface area (Å²) < 4.78 is 25.4. The number of nitrogens with zero attached hydrogens (tertiary/aromatic N) is 4. The molecular weight excluding hydrogens is 579 g/mol. The number of likely N-dealkylation sites (N-methyl/N-ethyl adjacent to an activating group) is 1. The number of benzene rings is 2. The molecule has 2 saturated heterocycles. The van der Waals surface area contributed by atoms with Gasteiger partial charge in [-0.3, -0.25) is 14.5 Å². The molecule has 11 heteroatoms. The summed E-state index contributed by atoms with van der Waals surface area (Å²) in [5.41, 5.74) is 1.92. The fourth-order valence-corrected chi connectivity index (χ4v) is 7.19. The molecule has 2 aromatic carbocycles. The first-order chi connectivity index (χ1) is 21.6. The highest BCUT2D eigenvalue weighted by Crippen LogP contribution is 2.43. The van der Waals surface area contributed by atoms with Crippen LogP contribution in [0.1, 0.15) is 63.0 Å². The fourth-order valence-electron chi connectivity index (χ4n) is 7.19. The number of hydrogen-bond donors (Lipinski definition) is 1. The molecule has 1 N–H and O–H groups in total. The lowest BCUT2D eigenvalue weighted by atomic mass is 9.84. The monoisotopic (exact) mass is 624 g/mol. The normalized spacial score (nSPS) is 21.3. The third-order valence-corrected chi connectivity index (χ3v) is 9.49. The summed E-state index contributed by atoms with van der Waals surface area (Å²) in [5.74, 6) is -1.44. The zero-order valence-electron chi connectivity index (χ0n) is 26.7. The van der Waals surface area contributed by atoms with Crippen molar-refractivity contribution in [2.24, 2.45) is 5.92 Å². The van der Waals surface area contributed by atoms with E-state index in [0.29, 0.717) is 55.3 Å². The van der Waals surface area contributed by atoms with Gasteiger partial charge in [-0.05, 0) is 67.6 Å². The lowest BCUT2D eigenvalue weighted by Crippen LogP contribution is -2.48. The van der Waals surface area contributed by atoms with Crippen LogP contribution in [-0.2, 0) is 9.59 Å². The van der Waals surface area contributed by atoms with E-state index in [1.165, 1.54) is 6.07 Å². The molecule has 0 spiro atoms. The summed E-state index contributed by atoms with van der Waals surface area (Å²) in [6.07, 6.45) is 3.76. The van der Waals surface area contributed by atoms with Gasteiger partial charge in [0.05, 0.1) is 12.5 Å². The smallest absolute Gasteiger partial charge is 0.319 e. The second-order valence-corrected chi connectivity index (χ2v) is 12.5. The van der Waals surface area contributed by atoms with Gasteiger partial charge < -0.3 is 29.3 Å². The number of ether oxygens (including phenoxy) is 2. The van der Waals surface area contributed by atoms with Crippen molar-refractivity contribution < 1.29 is 33.4 Å². The highest BCUT2D eigenvalue weighted by molar-refractivity contribution is 5.95. The van der Waals surface area contributed by atoms with E-state index in [9.17, 15) is 23.9 Å². The maximum atomic E-state index is 14.4. The molecule has 3 aliphatic heterocycles. The molecule has 0 radical (unpaired) electrons. The Hall–Kier alpha value is -3.86. The molecular formula is C34H45FN4O6. The number of fused-ring (bicyclic) bond motifs is 1. The SMILES string of the molecule is CCCC(CCC)N(C(=O)CN1CC(c2ccc3c(c2)OCO3)C(C(=O)O)C1CCN1CCN(C)C1=O)c1ccc(F)c(C)c1. The van der Waals surface area contributed by atoms with Gasteiger partial charge >= 0.3 is 12.0 Å². The van der Waals surface area contributed by atoms with Crippen molar-refractivity contribution in [2.75, 3.05) is 51.5 Å². The standard InChI is InChI=1S/C34H45FN4O6/c1-5-7-24(8-6-2)39(25-10-11-27(35)22(3)17-25)31(40)20-38-19-26(23-9-12-29-30(18-23)45-21-44-29)32(33(41)42)28(38)13-14-37-16-15-36(4)34(37)43/h9-12,17-18,24,26,28,32H,5-8,13-16,19-21H2,1-4H3,(H,41,42). The number of carboxylic acid groups (broad SMARTS) is 1. The molecule has 3 amide bonds. The van der Waals surface area contributed by atoms with Crippen LogP contribution in [0.2, 0.25) is 0 Å². The van der Waals surface area contributed by atoms with Gasteiger partial charge in [-0.15, -0.1) is 0 Å². The number of carbonyl (C=O) groups excluding carboxylic acids is 2. The number of aliphatic carboxylic acids is 1. The zero-order valence-corrected chi connectivity index (χ0v) is 26.7. The van der Waals surface area contributed by atoms with Crippen LogP contribution < -0.4 is 14.4 Å². The maximum absolute atomic E-state index is 14.4. The topological polar surface area (TPSA) is 103 Å². The van der Waals surface area contributed by atoms with Gasteiger partial charge in [-0.1, -0.05) is 32.8 Å². The zero-order chi connectivity index (χ0) is 32.2. The number of urea groups is 1. The number of likely N-dealkylation sites (tertiary alicyclic amines) is 1. The van der Waals surface area contributed by atoms with Gasteiger partial charge in [-0.2, -0.15) is 0 Å². The highest BCUT2D eigenvalue weighted by Gasteiger charge is 2.48. The van der Waals surface area contributed by atoms with Gasteiger partial charge in [0.25, 0.3) is 0 Å². The second kappa shape index (κ2) is 14.1. The Morgan fingerprint density at radius 2 is 1.80 bits per heavy atom. The fraction of sp³-hybridized carbons (Fsp3) is 0.559. The largest absolute Gasteiger partial charge is 0.481 e. The van der Waals surface area contributed by atoms with Crippen LogP contribution in [-0.4, -0.2) is 96.4 Å². The van der Waals surface area contributed by atoms with Gasteiger partial charge in [0.15, 0.2) is 11.5 Å². The van der Waals surface area contributed by atoms with E-state index < -0.39 is 23.8 Å².